The van der Waals surface area contributed by atoms with E-state index in [0.717, 1.165) is 0 Å². The summed E-state index contributed by atoms with van der Waals surface area (Å²) < 4.78 is 16.1. The van der Waals surface area contributed by atoms with E-state index in [9.17, 15) is 0 Å². The third-order valence-corrected chi connectivity index (χ3v) is 2.48. The van der Waals surface area contributed by atoms with Gasteiger partial charge in [-0.05, 0) is 18.2 Å². The summed E-state index contributed by atoms with van der Waals surface area (Å²) >= 11 is 0. The number of pyridine rings is 1. The molecule has 0 saturated carbocycles. The molecule has 0 fully saturated rings. The minimum atomic E-state index is 0.217. The molecule has 1 aromatic heterocycles. The van der Waals surface area contributed by atoms with Crippen molar-refractivity contribution in [2.75, 3.05) is 6.79 Å². The quantitative estimate of drug-likeness (QED) is 0.806. The van der Waals surface area contributed by atoms with Crippen LogP contribution in [0.25, 0.3) is 0 Å². The number of hydrogen-bond acceptors (Lipinski definition) is 5. The topological polar surface area (TPSA) is 64.4 Å². The summed E-state index contributed by atoms with van der Waals surface area (Å²) in [5.74, 6) is 2.31. The molecule has 18 heavy (non-hydrogen) atoms. The van der Waals surface area contributed by atoms with Crippen molar-refractivity contribution in [3.63, 3.8) is 0 Å². The maximum atomic E-state index is 8.95. The van der Waals surface area contributed by atoms with Gasteiger partial charge in [0, 0.05) is 12.3 Å². The molecule has 0 amide bonds. The van der Waals surface area contributed by atoms with Gasteiger partial charge in [-0.2, -0.15) is 5.26 Å². The maximum Gasteiger partial charge on any atom is 0.231 e. The van der Waals surface area contributed by atoms with E-state index < -0.39 is 0 Å². The van der Waals surface area contributed by atoms with Crippen LogP contribution < -0.4 is 14.2 Å². The normalized spacial score (nSPS) is 11.9. The Bertz CT molecular complexity index is 634. The van der Waals surface area contributed by atoms with Crippen molar-refractivity contribution in [1.82, 2.24) is 4.98 Å². The Morgan fingerprint density at radius 2 is 2.11 bits per heavy atom. The highest BCUT2D eigenvalue weighted by Gasteiger charge is 2.14. The lowest BCUT2D eigenvalue weighted by molar-refractivity contribution is 0.174. The first-order chi connectivity index (χ1) is 8.86. The van der Waals surface area contributed by atoms with E-state index in [2.05, 4.69) is 4.98 Å². The van der Waals surface area contributed by atoms with Crippen LogP contribution in [0.5, 0.6) is 23.0 Å². The molecule has 3 rings (SSSR count). The standard InChI is InChI=1S/C13H8N2O3/c14-6-9-3-4-15-7-13(9)18-10-1-2-11-12(5-10)17-8-16-11/h1-5,7H,8H2. The summed E-state index contributed by atoms with van der Waals surface area (Å²) in [7, 11) is 0. The van der Waals surface area contributed by atoms with Crippen molar-refractivity contribution in [3.05, 3.63) is 42.2 Å². The van der Waals surface area contributed by atoms with Gasteiger partial charge in [0.25, 0.3) is 0 Å². The number of hydrogen-bond donors (Lipinski definition) is 0. The van der Waals surface area contributed by atoms with E-state index in [1.807, 2.05) is 6.07 Å². The molecule has 5 heteroatoms. The molecule has 0 saturated heterocycles. The second-order valence-electron chi connectivity index (χ2n) is 3.60. The van der Waals surface area contributed by atoms with Gasteiger partial charge in [-0.25, -0.2) is 0 Å². The Morgan fingerprint density at radius 1 is 1.22 bits per heavy atom. The number of ether oxygens (including phenoxy) is 3. The molecule has 1 aliphatic rings. The highest BCUT2D eigenvalue weighted by atomic mass is 16.7. The molecule has 0 bridgehead atoms. The number of benzene rings is 1. The van der Waals surface area contributed by atoms with Crippen molar-refractivity contribution in [1.29, 1.82) is 5.26 Å². The highest BCUT2D eigenvalue weighted by molar-refractivity contribution is 5.49. The Morgan fingerprint density at radius 3 is 3.00 bits per heavy atom. The van der Waals surface area contributed by atoms with Gasteiger partial charge >= 0.3 is 0 Å². The number of nitrogens with zero attached hydrogens (tertiary/aromatic N) is 2. The average molecular weight is 240 g/mol. The van der Waals surface area contributed by atoms with Crippen molar-refractivity contribution in [3.8, 4) is 29.1 Å². The van der Waals surface area contributed by atoms with Crippen LogP contribution in [0.15, 0.2) is 36.7 Å². The largest absolute Gasteiger partial charge is 0.454 e. The van der Waals surface area contributed by atoms with E-state index in [-0.39, 0.29) is 6.79 Å². The number of rotatable bonds is 2. The zero-order chi connectivity index (χ0) is 12.4. The van der Waals surface area contributed by atoms with Crippen LogP contribution in [0.3, 0.4) is 0 Å². The Hall–Kier alpha value is -2.74. The van der Waals surface area contributed by atoms with Crippen LogP contribution in [0.1, 0.15) is 5.56 Å². The molecule has 1 aliphatic heterocycles. The summed E-state index contributed by atoms with van der Waals surface area (Å²) in [6.07, 6.45) is 3.05. The van der Waals surface area contributed by atoms with Gasteiger partial charge < -0.3 is 14.2 Å². The molecule has 5 nitrogen and oxygen atoms in total. The molecule has 0 aliphatic carbocycles. The minimum absolute atomic E-state index is 0.217. The molecule has 0 spiro atoms. The molecule has 88 valence electrons. The summed E-state index contributed by atoms with van der Waals surface area (Å²) in [6.45, 7) is 0.217. The van der Waals surface area contributed by atoms with Crippen molar-refractivity contribution < 1.29 is 14.2 Å². The molecular weight excluding hydrogens is 232 g/mol. The van der Waals surface area contributed by atoms with Crippen molar-refractivity contribution in [2.45, 2.75) is 0 Å². The van der Waals surface area contributed by atoms with Crippen molar-refractivity contribution >= 4 is 0 Å². The number of nitriles is 1. The SMILES string of the molecule is N#Cc1ccncc1Oc1ccc2c(c1)OCO2. The van der Waals surface area contributed by atoms with Gasteiger partial charge in [0.1, 0.15) is 11.8 Å². The van der Waals surface area contributed by atoms with Gasteiger partial charge in [-0.1, -0.05) is 0 Å². The lowest BCUT2D eigenvalue weighted by Gasteiger charge is -2.07. The van der Waals surface area contributed by atoms with Gasteiger partial charge in [0.2, 0.25) is 6.79 Å². The minimum Gasteiger partial charge on any atom is -0.454 e. The predicted octanol–water partition coefficient (Wildman–Crippen LogP) is 2.47. The zero-order valence-electron chi connectivity index (χ0n) is 9.29. The smallest absolute Gasteiger partial charge is 0.231 e. The number of fused-ring (bicyclic) bond motifs is 1. The van der Waals surface area contributed by atoms with E-state index in [0.29, 0.717) is 28.6 Å². The fraction of sp³-hybridized carbons (Fsp3) is 0.0769. The van der Waals surface area contributed by atoms with Gasteiger partial charge in [-0.15, -0.1) is 0 Å². The molecule has 0 unspecified atom stereocenters. The summed E-state index contributed by atoms with van der Waals surface area (Å²) in [6, 6.07) is 8.88. The molecule has 0 N–H and O–H groups in total. The van der Waals surface area contributed by atoms with E-state index in [1.165, 1.54) is 6.20 Å². The maximum absolute atomic E-state index is 8.95. The first kappa shape index (κ1) is 10.4. The zero-order valence-corrected chi connectivity index (χ0v) is 9.29. The molecule has 0 atom stereocenters. The van der Waals surface area contributed by atoms with Gasteiger partial charge in [-0.3, -0.25) is 4.98 Å². The van der Waals surface area contributed by atoms with Crippen LogP contribution in [-0.4, -0.2) is 11.8 Å². The monoisotopic (exact) mass is 240 g/mol. The number of aromatic nitrogens is 1. The first-order valence-corrected chi connectivity index (χ1v) is 5.28. The lowest BCUT2D eigenvalue weighted by Crippen LogP contribution is -1.93. The average Bonchev–Trinajstić information content (AvgIpc) is 2.87. The molecular formula is C13H8N2O3. The van der Waals surface area contributed by atoms with Crippen LogP contribution >= 0.6 is 0 Å². The molecule has 2 aromatic rings. The molecule has 1 aromatic carbocycles. The molecule has 0 radical (unpaired) electrons. The fourth-order valence-corrected chi connectivity index (χ4v) is 1.62. The van der Waals surface area contributed by atoms with E-state index in [4.69, 9.17) is 19.5 Å². The van der Waals surface area contributed by atoms with E-state index in [1.54, 1.807) is 30.5 Å². The van der Waals surface area contributed by atoms with Crippen molar-refractivity contribution in [2.24, 2.45) is 0 Å². The Labute approximate surface area is 103 Å². The second kappa shape index (κ2) is 4.26. The van der Waals surface area contributed by atoms with Crippen LogP contribution in [0, 0.1) is 11.3 Å². The van der Waals surface area contributed by atoms with Gasteiger partial charge in [0.15, 0.2) is 17.2 Å². The first-order valence-electron chi connectivity index (χ1n) is 5.28. The lowest BCUT2D eigenvalue weighted by atomic mass is 10.2. The third-order valence-electron chi connectivity index (χ3n) is 2.48. The summed E-state index contributed by atoms with van der Waals surface area (Å²) in [4.78, 5) is 3.93. The summed E-state index contributed by atoms with van der Waals surface area (Å²) in [5.41, 5.74) is 0.433. The second-order valence-corrected chi connectivity index (χ2v) is 3.60. The Balaban J connectivity index is 1.91. The molecule has 2 heterocycles. The van der Waals surface area contributed by atoms with Crippen LogP contribution in [0.4, 0.5) is 0 Å². The van der Waals surface area contributed by atoms with Gasteiger partial charge in [0.05, 0.1) is 11.8 Å². The van der Waals surface area contributed by atoms with E-state index >= 15 is 0 Å². The fourth-order valence-electron chi connectivity index (χ4n) is 1.62. The van der Waals surface area contributed by atoms with Crippen LogP contribution in [0.2, 0.25) is 0 Å². The third kappa shape index (κ3) is 1.80. The Kier molecular flexibility index (Phi) is 2.47. The highest BCUT2D eigenvalue weighted by Crippen LogP contribution is 2.36. The predicted molar refractivity (Wildman–Crippen MR) is 61.6 cm³/mol. The van der Waals surface area contributed by atoms with Crippen LogP contribution in [-0.2, 0) is 0 Å². The summed E-state index contributed by atoms with van der Waals surface area (Å²) in [5, 5.41) is 8.95.